The lowest BCUT2D eigenvalue weighted by Crippen LogP contribution is -2.27. The van der Waals surface area contributed by atoms with Crippen molar-refractivity contribution in [2.24, 2.45) is 0 Å². The standard InChI is InChI=1S/C21H24N6O/c1-14(2)20-24-19(27(25-20)18-8-9-22-13-15(18)3)12-16-4-6-17(7-5-16)26-11-10-23-21(26)28/h4-9,13-14H,10-12H2,1-3H3,(H,23,28). The number of nitrogens with one attached hydrogen (secondary N) is 1. The molecule has 0 unspecified atom stereocenters. The van der Waals surface area contributed by atoms with Crippen LogP contribution in [0.25, 0.3) is 5.69 Å². The van der Waals surface area contributed by atoms with E-state index in [4.69, 9.17) is 10.1 Å². The fraction of sp³-hybridized carbons (Fsp3) is 0.333. The minimum absolute atomic E-state index is 0.0396. The summed E-state index contributed by atoms with van der Waals surface area (Å²) in [5, 5.41) is 7.57. The van der Waals surface area contributed by atoms with Crippen LogP contribution in [-0.2, 0) is 6.42 Å². The van der Waals surface area contributed by atoms with Gasteiger partial charge in [-0.05, 0) is 36.2 Å². The molecule has 1 saturated heterocycles. The Bertz CT molecular complexity index is 992. The zero-order valence-corrected chi connectivity index (χ0v) is 16.4. The van der Waals surface area contributed by atoms with Gasteiger partial charge in [0.05, 0.1) is 5.69 Å². The molecule has 1 N–H and O–H groups in total. The van der Waals surface area contributed by atoms with Crippen molar-refractivity contribution in [2.45, 2.75) is 33.1 Å². The van der Waals surface area contributed by atoms with E-state index in [2.05, 4.69) is 36.3 Å². The minimum Gasteiger partial charge on any atom is -0.336 e. The van der Waals surface area contributed by atoms with Crippen molar-refractivity contribution < 1.29 is 4.79 Å². The first-order valence-corrected chi connectivity index (χ1v) is 9.54. The van der Waals surface area contributed by atoms with Gasteiger partial charge in [0.25, 0.3) is 0 Å². The van der Waals surface area contributed by atoms with Crippen LogP contribution in [0.3, 0.4) is 0 Å². The van der Waals surface area contributed by atoms with Crippen molar-refractivity contribution in [1.82, 2.24) is 25.1 Å². The molecule has 1 aliphatic heterocycles. The second-order valence-electron chi connectivity index (χ2n) is 7.34. The molecule has 1 aromatic carbocycles. The fourth-order valence-corrected chi connectivity index (χ4v) is 3.31. The molecule has 7 heteroatoms. The highest BCUT2D eigenvalue weighted by Crippen LogP contribution is 2.22. The third-order valence-electron chi connectivity index (χ3n) is 4.89. The summed E-state index contributed by atoms with van der Waals surface area (Å²) in [4.78, 5) is 22.6. The van der Waals surface area contributed by atoms with Crippen LogP contribution in [-0.4, -0.2) is 38.9 Å². The lowest BCUT2D eigenvalue weighted by Gasteiger charge is -2.14. The SMILES string of the molecule is Cc1cnccc1-n1nc(C(C)C)nc1Cc1ccc(N2CCNC2=O)cc1. The molecular formula is C21H24N6O. The summed E-state index contributed by atoms with van der Waals surface area (Å²) < 4.78 is 1.92. The number of urea groups is 1. The molecule has 144 valence electrons. The average molecular weight is 376 g/mol. The van der Waals surface area contributed by atoms with Crippen molar-refractivity contribution in [3.8, 4) is 5.69 Å². The summed E-state index contributed by atoms with van der Waals surface area (Å²) in [6.45, 7) is 7.61. The molecule has 28 heavy (non-hydrogen) atoms. The largest absolute Gasteiger partial charge is 0.336 e. The van der Waals surface area contributed by atoms with E-state index in [0.717, 1.165) is 34.2 Å². The van der Waals surface area contributed by atoms with Crippen LogP contribution in [0.1, 0.15) is 42.5 Å². The normalized spacial score (nSPS) is 14.0. The molecule has 3 aromatic rings. The van der Waals surface area contributed by atoms with Gasteiger partial charge in [-0.1, -0.05) is 26.0 Å². The topological polar surface area (TPSA) is 75.9 Å². The number of nitrogens with zero attached hydrogens (tertiary/aromatic N) is 5. The lowest BCUT2D eigenvalue weighted by molar-refractivity contribution is 0.252. The molecule has 0 spiro atoms. The molecule has 0 atom stereocenters. The molecule has 2 aromatic heterocycles. The molecular weight excluding hydrogens is 352 g/mol. The Labute approximate surface area is 164 Å². The van der Waals surface area contributed by atoms with E-state index >= 15 is 0 Å². The van der Waals surface area contributed by atoms with Crippen LogP contribution in [0.4, 0.5) is 10.5 Å². The number of amides is 2. The number of carbonyl (C=O) groups is 1. The highest BCUT2D eigenvalue weighted by molar-refractivity contribution is 5.93. The Hall–Kier alpha value is -3.22. The molecule has 0 bridgehead atoms. The van der Waals surface area contributed by atoms with Crippen LogP contribution in [0.2, 0.25) is 0 Å². The van der Waals surface area contributed by atoms with Crippen molar-refractivity contribution in [3.63, 3.8) is 0 Å². The molecule has 2 amide bonds. The number of benzene rings is 1. The van der Waals surface area contributed by atoms with Crippen LogP contribution in [0.5, 0.6) is 0 Å². The maximum atomic E-state index is 11.8. The first-order valence-electron chi connectivity index (χ1n) is 9.54. The fourth-order valence-electron chi connectivity index (χ4n) is 3.31. The molecule has 0 radical (unpaired) electrons. The third-order valence-corrected chi connectivity index (χ3v) is 4.89. The number of carbonyl (C=O) groups excluding carboxylic acids is 1. The Morgan fingerprint density at radius 2 is 1.96 bits per heavy atom. The Morgan fingerprint density at radius 3 is 2.61 bits per heavy atom. The first-order chi connectivity index (χ1) is 13.5. The van der Waals surface area contributed by atoms with Crippen molar-refractivity contribution in [3.05, 3.63) is 65.5 Å². The number of rotatable bonds is 5. The molecule has 0 saturated carbocycles. The average Bonchev–Trinajstić information content (AvgIpc) is 3.29. The van der Waals surface area contributed by atoms with E-state index in [-0.39, 0.29) is 11.9 Å². The summed E-state index contributed by atoms with van der Waals surface area (Å²) in [5.41, 5.74) is 4.08. The van der Waals surface area contributed by atoms with Gasteiger partial charge >= 0.3 is 6.03 Å². The van der Waals surface area contributed by atoms with E-state index in [9.17, 15) is 4.79 Å². The molecule has 1 fully saturated rings. The quantitative estimate of drug-likeness (QED) is 0.742. The van der Waals surface area contributed by atoms with E-state index < -0.39 is 0 Å². The van der Waals surface area contributed by atoms with Gasteiger partial charge < -0.3 is 5.32 Å². The number of aryl methyl sites for hydroxylation is 1. The molecule has 0 aliphatic carbocycles. The lowest BCUT2D eigenvalue weighted by atomic mass is 10.1. The predicted molar refractivity (Wildman–Crippen MR) is 108 cm³/mol. The van der Waals surface area contributed by atoms with Crippen molar-refractivity contribution >= 4 is 11.7 Å². The maximum absolute atomic E-state index is 11.8. The monoisotopic (exact) mass is 376 g/mol. The van der Waals surface area contributed by atoms with Gasteiger partial charge in [0.1, 0.15) is 5.82 Å². The van der Waals surface area contributed by atoms with E-state index in [1.165, 1.54) is 0 Å². The van der Waals surface area contributed by atoms with Gasteiger partial charge in [-0.25, -0.2) is 14.5 Å². The van der Waals surface area contributed by atoms with Crippen molar-refractivity contribution in [1.29, 1.82) is 0 Å². The second kappa shape index (κ2) is 7.42. The summed E-state index contributed by atoms with van der Waals surface area (Å²) in [6, 6.07) is 10.0. The van der Waals surface area contributed by atoms with Gasteiger partial charge in [0.15, 0.2) is 5.82 Å². The molecule has 1 aliphatic rings. The molecule has 7 nitrogen and oxygen atoms in total. The maximum Gasteiger partial charge on any atom is 0.321 e. The first kappa shape index (κ1) is 18.2. The summed E-state index contributed by atoms with van der Waals surface area (Å²) >= 11 is 0. The van der Waals surface area contributed by atoms with Gasteiger partial charge in [-0.15, -0.1) is 0 Å². The summed E-state index contributed by atoms with van der Waals surface area (Å²) in [7, 11) is 0. The summed E-state index contributed by atoms with van der Waals surface area (Å²) in [6.07, 6.45) is 4.28. The molecule has 4 rings (SSSR count). The number of aromatic nitrogens is 4. The third kappa shape index (κ3) is 3.47. The highest BCUT2D eigenvalue weighted by atomic mass is 16.2. The number of anilines is 1. The summed E-state index contributed by atoms with van der Waals surface area (Å²) in [5.74, 6) is 1.97. The van der Waals surface area contributed by atoms with Gasteiger partial charge in [0.2, 0.25) is 0 Å². The zero-order valence-electron chi connectivity index (χ0n) is 16.4. The van der Waals surface area contributed by atoms with Gasteiger partial charge in [0, 0.05) is 43.5 Å². The Kier molecular flexibility index (Phi) is 4.81. The van der Waals surface area contributed by atoms with Gasteiger partial charge in [-0.2, -0.15) is 5.10 Å². The van der Waals surface area contributed by atoms with Crippen LogP contribution < -0.4 is 10.2 Å². The Balaban J connectivity index is 1.64. The zero-order chi connectivity index (χ0) is 19.7. The predicted octanol–water partition coefficient (Wildman–Crippen LogP) is 3.21. The highest BCUT2D eigenvalue weighted by Gasteiger charge is 2.21. The number of hydrogen-bond donors (Lipinski definition) is 1. The van der Waals surface area contributed by atoms with E-state index in [1.807, 2.05) is 36.0 Å². The number of hydrogen-bond acceptors (Lipinski definition) is 4. The van der Waals surface area contributed by atoms with Crippen LogP contribution in [0.15, 0.2) is 42.7 Å². The second-order valence-corrected chi connectivity index (χ2v) is 7.34. The van der Waals surface area contributed by atoms with E-state index in [1.54, 1.807) is 11.1 Å². The smallest absolute Gasteiger partial charge is 0.321 e. The van der Waals surface area contributed by atoms with Crippen LogP contribution in [0, 0.1) is 6.92 Å². The van der Waals surface area contributed by atoms with E-state index in [0.29, 0.717) is 19.5 Å². The minimum atomic E-state index is -0.0396. The number of pyridine rings is 1. The Morgan fingerprint density at radius 1 is 1.18 bits per heavy atom. The van der Waals surface area contributed by atoms with Gasteiger partial charge in [-0.3, -0.25) is 9.88 Å². The van der Waals surface area contributed by atoms with Crippen molar-refractivity contribution in [2.75, 3.05) is 18.0 Å². The van der Waals surface area contributed by atoms with Crippen LogP contribution >= 0.6 is 0 Å². The molecule has 3 heterocycles.